The molecule has 0 saturated heterocycles. The molecular weight excluding hydrogens is 338 g/mol. The van der Waals surface area contributed by atoms with Gasteiger partial charge in [0.2, 0.25) is 0 Å². The van der Waals surface area contributed by atoms with Gasteiger partial charge in [-0.25, -0.2) is 0 Å². The summed E-state index contributed by atoms with van der Waals surface area (Å²) in [5, 5.41) is 10.4. The first kappa shape index (κ1) is 17.4. The van der Waals surface area contributed by atoms with Gasteiger partial charge in [-0.2, -0.15) is 0 Å². The van der Waals surface area contributed by atoms with E-state index in [-0.39, 0.29) is 11.9 Å². The molecule has 1 N–H and O–H groups in total. The van der Waals surface area contributed by atoms with Crippen LogP contribution in [0.4, 0.5) is 0 Å². The monoisotopic (exact) mass is 361 g/mol. The Morgan fingerprint density at radius 3 is 2.59 bits per heavy atom. The number of phenolic OH excluding ortho intramolecular Hbond substituents is 1. The summed E-state index contributed by atoms with van der Waals surface area (Å²) in [7, 11) is 1.60. The first-order chi connectivity index (χ1) is 13.2. The zero-order valence-electron chi connectivity index (χ0n) is 15.3. The summed E-state index contributed by atoms with van der Waals surface area (Å²) in [5.41, 5.74) is 3.18. The van der Waals surface area contributed by atoms with Crippen LogP contribution in [0.15, 0.2) is 72.8 Å². The zero-order valence-corrected chi connectivity index (χ0v) is 15.3. The lowest BCUT2D eigenvalue weighted by atomic mass is 10.1. The number of phenols is 1. The van der Waals surface area contributed by atoms with Crippen LogP contribution in [0.3, 0.4) is 0 Å². The molecule has 138 valence electrons. The summed E-state index contributed by atoms with van der Waals surface area (Å²) in [6.07, 6.45) is -0.0600. The first-order valence-electron chi connectivity index (χ1n) is 9.10. The van der Waals surface area contributed by atoms with E-state index in [2.05, 4.69) is 23.1 Å². The van der Waals surface area contributed by atoms with E-state index in [9.17, 15) is 5.11 Å². The van der Waals surface area contributed by atoms with Crippen LogP contribution >= 0.6 is 0 Å². The van der Waals surface area contributed by atoms with E-state index < -0.39 is 0 Å². The van der Waals surface area contributed by atoms with Crippen molar-refractivity contribution in [2.24, 2.45) is 0 Å². The second-order valence-corrected chi connectivity index (χ2v) is 6.79. The van der Waals surface area contributed by atoms with Gasteiger partial charge in [-0.05, 0) is 17.7 Å². The third-order valence-electron chi connectivity index (χ3n) is 4.92. The minimum Gasteiger partial charge on any atom is -0.507 e. The third kappa shape index (κ3) is 3.91. The molecule has 1 heterocycles. The van der Waals surface area contributed by atoms with Crippen LogP contribution in [0.1, 0.15) is 22.8 Å². The summed E-state index contributed by atoms with van der Waals surface area (Å²) >= 11 is 0. The van der Waals surface area contributed by atoms with Gasteiger partial charge in [0.25, 0.3) is 0 Å². The predicted octanol–water partition coefficient (Wildman–Crippen LogP) is 4.54. The maximum Gasteiger partial charge on any atom is 0.136 e. The van der Waals surface area contributed by atoms with Crippen LogP contribution in [-0.4, -0.2) is 23.7 Å². The molecule has 4 rings (SSSR count). The van der Waals surface area contributed by atoms with Gasteiger partial charge in [0, 0.05) is 36.8 Å². The van der Waals surface area contributed by atoms with Gasteiger partial charge in [-0.3, -0.25) is 4.90 Å². The van der Waals surface area contributed by atoms with Gasteiger partial charge in [0.05, 0.1) is 7.11 Å². The van der Waals surface area contributed by atoms with Crippen molar-refractivity contribution < 1.29 is 14.6 Å². The number of hydrogen-bond acceptors (Lipinski definition) is 4. The van der Waals surface area contributed by atoms with Crippen LogP contribution in [0.2, 0.25) is 0 Å². The van der Waals surface area contributed by atoms with Gasteiger partial charge in [0.15, 0.2) is 0 Å². The minimum absolute atomic E-state index is 0.0600. The number of methoxy groups -OCH3 is 1. The lowest BCUT2D eigenvalue weighted by molar-refractivity contribution is 0.143. The van der Waals surface area contributed by atoms with E-state index in [0.717, 1.165) is 35.5 Å². The van der Waals surface area contributed by atoms with Crippen LogP contribution in [0, 0.1) is 0 Å². The van der Waals surface area contributed by atoms with Crippen LogP contribution in [0.5, 0.6) is 17.2 Å². The maximum atomic E-state index is 10.4. The van der Waals surface area contributed by atoms with Crippen LogP contribution in [0.25, 0.3) is 0 Å². The molecule has 4 heteroatoms. The standard InChI is InChI=1S/C23H23NO3/c1-26-20-12-11-18(21(25)13-20)14-24-15-19-9-5-6-10-22(19)27-23(16-24)17-7-3-2-4-8-17/h2-13,23,25H,14-16H2,1H3. The molecule has 1 atom stereocenters. The second-order valence-electron chi connectivity index (χ2n) is 6.79. The van der Waals surface area contributed by atoms with Crippen molar-refractivity contribution in [3.05, 3.63) is 89.5 Å². The van der Waals surface area contributed by atoms with Crippen molar-refractivity contribution in [1.82, 2.24) is 4.90 Å². The van der Waals surface area contributed by atoms with E-state index >= 15 is 0 Å². The van der Waals surface area contributed by atoms with E-state index in [1.807, 2.05) is 48.5 Å². The van der Waals surface area contributed by atoms with Gasteiger partial charge in [0.1, 0.15) is 23.4 Å². The Balaban J connectivity index is 1.63. The Kier molecular flexibility index (Phi) is 4.99. The summed E-state index contributed by atoms with van der Waals surface area (Å²) in [4.78, 5) is 2.31. The summed E-state index contributed by atoms with van der Waals surface area (Å²) in [6.45, 7) is 2.14. The molecule has 0 spiro atoms. The van der Waals surface area contributed by atoms with Crippen molar-refractivity contribution in [1.29, 1.82) is 0 Å². The average Bonchev–Trinajstić information content (AvgIpc) is 2.89. The Labute approximate surface area is 159 Å². The number of fused-ring (bicyclic) bond motifs is 1. The minimum atomic E-state index is -0.0600. The molecule has 27 heavy (non-hydrogen) atoms. The molecular formula is C23H23NO3. The number of ether oxygens (including phenoxy) is 2. The maximum absolute atomic E-state index is 10.4. The van der Waals surface area contributed by atoms with Crippen molar-refractivity contribution in [2.75, 3.05) is 13.7 Å². The van der Waals surface area contributed by atoms with E-state index in [4.69, 9.17) is 9.47 Å². The number of para-hydroxylation sites is 1. The molecule has 0 radical (unpaired) electrons. The van der Waals surface area contributed by atoms with Crippen LogP contribution in [-0.2, 0) is 13.1 Å². The molecule has 1 aliphatic rings. The van der Waals surface area contributed by atoms with Crippen LogP contribution < -0.4 is 9.47 Å². The van der Waals surface area contributed by atoms with Gasteiger partial charge in [-0.15, -0.1) is 0 Å². The Hall–Kier alpha value is -2.98. The average molecular weight is 361 g/mol. The Morgan fingerprint density at radius 2 is 1.81 bits per heavy atom. The largest absolute Gasteiger partial charge is 0.507 e. The van der Waals surface area contributed by atoms with Gasteiger partial charge >= 0.3 is 0 Å². The summed E-state index contributed by atoms with van der Waals surface area (Å²) in [6, 6.07) is 23.9. The van der Waals surface area contributed by atoms with Gasteiger partial charge < -0.3 is 14.6 Å². The molecule has 4 nitrogen and oxygen atoms in total. The van der Waals surface area contributed by atoms with Gasteiger partial charge in [-0.1, -0.05) is 54.6 Å². The number of rotatable bonds is 4. The highest BCUT2D eigenvalue weighted by atomic mass is 16.5. The molecule has 3 aromatic carbocycles. The lowest BCUT2D eigenvalue weighted by Crippen LogP contribution is -2.27. The van der Waals surface area contributed by atoms with Crippen molar-refractivity contribution in [2.45, 2.75) is 19.2 Å². The highest BCUT2D eigenvalue weighted by molar-refractivity contribution is 5.40. The number of benzene rings is 3. The van der Waals surface area contributed by atoms with Crippen molar-refractivity contribution >= 4 is 0 Å². The Morgan fingerprint density at radius 1 is 1.04 bits per heavy atom. The molecule has 0 amide bonds. The fraction of sp³-hybridized carbons (Fsp3) is 0.217. The van der Waals surface area contributed by atoms with E-state index in [1.54, 1.807) is 13.2 Å². The van der Waals surface area contributed by atoms with E-state index in [0.29, 0.717) is 12.3 Å². The third-order valence-corrected chi connectivity index (χ3v) is 4.92. The molecule has 0 fully saturated rings. The highest BCUT2D eigenvalue weighted by Crippen LogP contribution is 2.33. The quantitative estimate of drug-likeness (QED) is 0.741. The summed E-state index contributed by atoms with van der Waals surface area (Å²) in [5.74, 6) is 1.83. The second kappa shape index (κ2) is 7.72. The molecule has 0 saturated carbocycles. The Bertz CT molecular complexity index is 911. The predicted molar refractivity (Wildman–Crippen MR) is 105 cm³/mol. The van der Waals surface area contributed by atoms with Crippen molar-refractivity contribution in [3.8, 4) is 17.2 Å². The van der Waals surface area contributed by atoms with E-state index in [1.165, 1.54) is 0 Å². The lowest BCUT2D eigenvalue weighted by Gasteiger charge is -2.24. The topological polar surface area (TPSA) is 41.9 Å². The highest BCUT2D eigenvalue weighted by Gasteiger charge is 2.24. The fourth-order valence-electron chi connectivity index (χ4n) is 3.49. The SMILES string of the molecule is COc1ccc(CN2Cc3ccccc3OC(c3ccccc3)C2)c(O)c1. The zero-order chi connectivity index (χ0) is 18.6. The molecule has 0 aromatic heterocycles. The number of hydrogen-bond donors (Lipinski definition) is 1. The molecule has 1 unspecified atom stereocenters. The normalized spacial score (nSPS) is 16.9. The summed E-state index contributed by atoms with van der Waals surface area (Å²) < 4.78 is 11.5. The van der Waals surface area contributed by atoms with Crippen molar-refractivity contribution in [3.63, 3.8) is 0 Å². The molecule has 3 aromatic rings. The fourth-order valence-corrected chi connectivity index (χ4v) is 3.49. The number of aromatic hydroxyl groups is 1. The number of nitrogens with zero attached hydrogens (tertiary/aromatic N) is 1. The molecule has 0 bridgehead atoms. The molecule has 1 aliphatic heterocycles. The smallest absolute Gasteiger partial charge is 0.136 e. The molecule has 0 aliphatic carbocycles. The first-order valence-corrected chi connectivity index (χ1v) is 9.10.